The first-order chi connectivity index (χ1) is 10.2. The van der Waals surface area contributed by atoms with Crippen molar-refractivity contribution in [2.45, 2.75) is 51.6 Å². The van der Waals surface area contributed by atoms with Gasteiger partial charge in [0.2, 0.25) is 0 Å². The first-order valence-corrected chi connectivity index (χ1v) is 9.94. The van der Waals surface area contributed by atoms with Crippen molar-refractivity contribution in [3.8, 4) is 0 Å². The molecule has 0 aromatic heterocycles. The number of carbonyl (C=O) groups is 2. The van der Waals surface area contributed by atoms with E-state index in [-0.39, 0.29) is 23.9 Å². The smallest absolute Gasteiger partial charge is 0.306 e. The van der Waals surface area contributed by atoms with E-state index >= 15 is 0 Å². The highest BCUT2D eigenvalue weighted by molar-refractivity contribution is 8.76. The van der Waals surface area contributed by atoms with Gasteiger partial charge in [-0.15, -0.1) is 0 Å². The Morgan fingerprint density at radius 3 is 1.41 bits per heavy atom. The molecule has 0 rings (SSSR count). The van der Waals surface area contributed by atoms with Crippen LogP contribution in [0.25, 0.3) is 0 Å². The molecule has 0 aliphatic carbocycles. The van der Waals surface area contributed by atoms with E-state index in [1.165, 1.54) is 0 Å². The van der Waals surface area contributed by atoms with Crippen LogP contribution in [0.2, 0.25) is 0 Å². The maximum Gasteiger partial charge on any atom is 0.306 e. The Kier molecular flexibility index (Phi) is 11.8. The summed E-state index contributed by atoms with van der Waals surface area (Å²) >= 11 is 0. The molecular formula is C14H28N2O4S2. The summed E-state index contributed by atoms with van der Waals surface area (Å²) in [6.45, 7) is 3.38. The van der Waals surface area contributed by atoms with Crippen LogP contribution in [-0.2, 0) is 9.59 Å². The highest BCUT2D eigenvalue weighted by atomic mass is 33.1. The molecule has 0 heterocycles. The topological polar surface area (TPSA) is 127 Å². The lowest BCUT2D eigenvalue weighted by Gasteiger charge is -2.14. The van der Waals surface area contributed by atoms with Crippen LogP contribution in [0.5, 0.6) is 0 Å². The molecule has 0 saturated carbocycles. The van der Waals surface area contributed by atoms with Gasteiger partial charge in [-0.1, -0.05) is 35.4 Å². The van der Waals surface area contributed by atoms with Crippen LogP contribution in [0.1, 0.15) is 39.5 Å². The lowest BCUT2D eigenvalue weighted by Crippen LogP contribution is -2.26. The molecular weight excluding hydrogens is 324 g/mol. The summed E-state index contributed by atoms with van der Waals surface area (Å²) in [6, 6.07) is -0.0230. The monoisotopic (exact) mass is 352 g/mol. The normalized spacial score (nSPS) is 16.7. The molecule has 0 amide bonds. The van der Waals surface area contributed by atoms with E-state index in [2.05, 4.69) is 0 Å². The molecule has 0 aromatic rings. The SMILES string of the molecule is CC(CC[C@H](N)CSSC[C@@H](N)CCC(C)C(=O)O)C(=O)O. The summed E-state index contributed by atoms with van der Waals surface area (Å²) in [6.07, 6.45) is 2.58. The van der Waals surface area contributed by atoms with Crippen LogP contribution in [0, 0.1) is 11.8 Å². The van der Waals surface area contributed by atoms with Crippen molar-refractivity contribution in [3.63, 3.8) is 0 Å². The van der Waals surface area contributed by atoms with Crippen LogP contribution in [0.4, 0.5) is 0 Å². The van der Waals surface area contributed by atoms with Gasteiger partial charge in [0.15, 0.2) is 0 Å². The zero-order chi connectivity index (χ0) is 17.1. The summed E-state index contributed by atoms with van der Waals surface area (Å²) < 4.78 is 0. The third-order valence-electron chi connectivity index (χ3n) is 3.43. The molecule has 0 aliphatic heterocycles. The van der Waals surface area contributed by atoms with Crippen molar-refractivity contribution >= 4 is 33.5 Å². The van der Waals surface area contributed by atoms with Gasteiger partial charge in [0, 0.05) is 23.6 Å². The molecule has 22 heavy (non-hydrogen) atoms. The fourth-order valence-corrected chi connectivity index (χ4v) is 4.11. The fraction of sp³-hybridized carbons (Fsp3) is 0.857. The summed E-state index contributed by atoms with van der Waals surface area (Å²) in [5.74, 6) is -0.752. The van der Waals surface area contributed by atoms with Crippen LogP contribution >= 0.6 is 21.6 Å². The van der Waals surface area contributed by atoms with Crippen molar-refractivity contribution in [3.05, 3.63) is 0 Å². The maximum atomic E-state index is 10.7. The predicted octanol–water partition coefficient (Wildman–Crippen LogP) is 2.02. The highest BCUT2D eigenvalue weighted by Crippen LogP contribution is 2.24. The molecule has 4 atom stereocenters. The van der Waals surface area contributed by atoms with Crippen molar-refractivity contribution in [2.75, 3.05) is 11.5 Å². The lowest BCUT2D eigenvalue weighted by molar-refractivity contribution is -0.142. The fourth-order valence-electron chi connectivity index (χ4n) is 1.61. The Morgan fingerprint density at radius 1 is 0.818 bits per heavy atom. The van der Waals surface area contributed by atoms with Gasteiger partial charge in [-0.25, -0.2) is 0 Å². The van der Waals surface area contributed by atoms with Crippen LogP contribution < -0.4 is 11.5 Å². The molecule has 0 spiro atoms. The van der Waals surface area contributed by atoms with E-state index in [0.29, 0.717) is 25.7 Å². The maximum absolute atomic E-state index is 10.7. The van der Waals surface area contributed by atoms with Gasteiger partial charge in [0.1, 0.15) is 0 Å². The molecule has 8 heteroatoms. The Balaban J connectivity index is 3.62. The van der Waals surface area contributed by atoms with Crippen molar-refractivity contribution < 1.29 is 19.8 Å². The van der Waals surface area contributed by atoms with E-state index in [1.807, 2.05) is 0 Å². The second-order valence-corrected chi connectivity index (χ2v) is 8.27. The van der Waals surface area contributed by atoms with Crippen molar-refractivity contribution in [2.24, 2.45) is 23.3 Å². The third kappa shape index (κ3) is 11.2. The Labute approximate surface area is 140 Å². The lowest BCUT2D eigenvalue weighted by atomic mass is 10.0. The number of carboxylic acid groups (broad SMARTS) is 2. The molecule has 6 N–H and O–H groups in total. The summed E-state index contributed by atoms with van der Waals surface area (Å²) in [5, 5.41) is 17.6. The van der Waals surface area contributed by atoms with Crippen molar-refractivity contribution in [1.82, 2.24) is 0 Å². The van der Waals surface area contributed by atoms with Crippen LogP contribution in [-0.4, -0.2) is 45.7 Å². The number of hydrogen-bond acceptors (Lipinski definition) is 6. The third-order valence-corrected chi connectivity index (χ3v) is 6.04. The molecule has 0 aliphatic rings. The predicted molar refractivity (Wildman–Crippen MR) is 92.9 cm³/mol. The molecule has 0 aromatic carbocycles. The first-order valence-electron chi connectivity index (χ1n) is 7.45. The summed E-state index contributed by atoms with van der Waals surface area (Å²) in [5.41, 5.74) is 11.9. The molecule has 0 radical (unpaired) electrons. The Hall–Kier alpha value is -0.440. The van der Waals surface area contributed by atoms with Crippen molar-refractivity contribution in [1.29, 1.82) is 0 Å². The van der Waals surface area contributed by atoms with E-state index in [9.17, 15) is 9.59 Å². The number of rotatable bonds is 13. The van der Waals surface area contributed by atoms with Gasteiger partial charge in [0.05, 0.1) is 11.8 Å². The van der Waals surface area contributed by atoms with Gasteiger partial charge in [-0.2, -0.15) is 0 Å². The zero-order valence-corrected chi connectivity index (χ0v) is 14.9. The van der Waals surface area contributed by atoms with E-state index < -0.39 is 11.9 Å². The van der Waals surface area contributed by atoms with Gasteiger partial charge in [0.25, 0.3) is 0 Å². The molecule has 0 fully saturated rings. The number of carboxylic acids is 2. The quantitative estimate of drug-likeness (QED) is 0.293. The van der Waals surface area contributed by atoms with Gasteiger partial charge >= 0.3 is 11.9 Å². The largest absolute Gasteiger partial charge is 0.481 e. The van der Waals surface area contributed by atoms with Gasteiger partial charge in [-0.3, -0.25) is 9.59 Å². The molecule has 2 unspecified atom stereocenters. The molecule has 0 bridgehead atoms. The minimum Gasteiger partial charge on any atom is -0.481 e. The summed E-state index contributed by atoms with van der Waals surface area (Å²) in [7, 11) is 3.28. The van der Waals surface area contributed by atoms with Crippen LogP contribution in [0.15, 0.2) is 0 Å². The van der Waals surface area contributed by atoms with E-state index in [1.54, 1.807) is 35.4 Å². The molecule has 130 valence electrons. The molecule has 6 nitrogen and oxygen atoms in total. The second kappa shape index (κ2) is 12.0. The number of nitrogens with two attached hydrogens (primary N) is 2. The van der Waals surface area contributed by atoms with E-state index in [0.717, 1.165) is 11.5 Å². The van der Waals surface area contributed by atoms with E-state index in [4.69, 9.17) is 21.7 Å². The second-order valence-electron chi connectivity index (χ2n) is 5.72. The highest BCUT2D eigenvalue weighted by Gasteiger charge is 2.14. The zero-order valence-electron chi connectivity index (χ0n) is 13.2. The minimum atomic E-state index is -0.782. The average Bonchev–Trinajstić information content (AvgIpc) is 2.46. The first kappa shape index (κ1) is 21.6. The Morgan fingerprint density at radius 2 is 1.14 bits per heavy atom. The Bertz CT molecular complexity index is 313. The average molecular weight is 353 g/mol. The standard InChI is InChI=1S/C14H28N2O4S2/c1-9(13(17)18)3-5-11(15)7-21-22-8-12(16)6-4-10(2)14(19)20/h9-12H,3-8,15-16H2,1-2H3,(H,17,18)(H,19,20)/t9?,10?,11-,12-/m0/s1. The number of hydrogen-bond donors (Lipinski definition) is 4. The molecule has 0 saturated heterocycles. The minimum absolute atomic E-state index is 0.0115. The van der Waals surface area contributed by atoms with Gasteiger partial charge < -0.3 is 21.7 Å². The van der Waals surface area contributed by atoms with Gasteiger partial charge in [-0.05, 0) is 25.7 Å². The summed E-state index contributed by atoms with van der Waals surface area (Å²) in [4.78, 5) is 21.4. The van der Waals surface area contributed by atoms with Crippen LogP contribution in [0.3, 0.4) is 0 Å². The number of aliphatic carboxylic acids is 2.